The van der Waals surface area contributed by atoms with Gasteiger partial charge in [0, 0.05) is 11.1 Å². The summed E-state index contributed by atoms with van der Waals surface area (Å²) in [6.45, 7) is 2.53. The normalized spacial score (nSPS) is 14.0. The molecule has 0 amide bonds. The van der Waals surface area contributed by atoms with Gasteiger partial charge in [-0.2, -0.15) is 0 Å². The van der Waals surface area contributed by atoms with Crippen molar-refractivity contribution in [2.24, 2.45) is 0 Å². The Balaban J connectivity index is 1.85. The van der Waals surface area contributed by atoms with Crippen LogP contribution in [0.15, 0.2) is 54.6 Å². The fraction of sp³-hybridized carbons (Fsp3) is 0.143. The molecule has 0 bridgehead atoms. The van der Waals surface area contributed by atoms with Crippen LogP contribution in [0, 0.1) is 6.92 Å². The van der Waals surface area contributed by atoms with Crippen molar-refractivity contribution in [2.45, 2.75) is 6.92 Å². The lowest BCUT2D eigenvalue weighted by atomic mass is 9.90. The first-order valence-corrected chi connectivity index (χ1v) is 8.20. The first-order valence-electron chi connectivity index (χ1n) is 8.20. The molecule has 3 aromatic rings. The van der Waals surface area contributed by atoms with E-state index < -0.39 is 0 Å². The number of fused-ring (bicyclic) bond motifs is 2. The van der Waals surface area contributed by atoms with Crippen LogP contribution in [0.25, 0.3) is 22.3 Å². The van der Waals surface area contributed by atoms with Gasteiger partial charge < -0.3 is 18.9 Å². The molecular weight excluding hydrogens is 316 g/mol. The van der Waals surface area contributed by atoms with Gasteiger partial charge in [-0.05, 0) is 41.8 Å². The molecule has 25 heavy (non-hydrogen) atoms. The van der Waals surface area contributed by atoms with Crippen LogP contribution in [0.1, 0.15) is 5.56 Å². The van der Waals surface area contributed by atoms with Gasteiger partial charge in [-0.1, -0.05) is 36.4 Å². The van der Waals surface area contributed by atoms with E-state index in [0.29, 0.717) is 0 Å². The summed E-state index contributed by atoms with van der Waals surface area (Å²) < 4.78 is 22.8. The summed E-state index contributed by atoms with van der Waals surface area (Å²) in [5, 5.41) is 0. The van der Waals surface area contributed by atoms with Crippen LogP contribution in [-0.2, 0) is 0 Å². The minimum atomic E-state index is 0.228. The molecule has 0 radical (unpaired) electrons. The van der Waals surface area contributed by atoms with Gasteiger partial charge in [0.2, 0.25) is 13.6 Å². The molecule has 0 spiro atoms. The lowest BCUT2D eigenvalue weighted by Crippen LogP contribution is -1.97. The molecule has 0 aliphatic carbocycles. The van der Waals surface area contributed by atoms with E-state index in [2.05, 4.69) is 25.1 Å². The van der Waals surface area contributed by atoms with Crippen LogP contribution in [0.3, 0.4) is 0 Å². The molecule has 0 aromatic heterocycles. The van der Waals surface area contributed by atoms with E-state index in [4.69, 9.17) is 18.9 Å². The van der Waals surface area contributed by atoms with Crippen LogP contribution in [0.5, 0.6) is 23.0 Å². The average molecular weight is 332 g/mol. The van der Waals surface area contributed by atoms with Gasteiger partial charge in [0.05, 0.1) is 0 Å². The Bertz CT molecular complexity index is 963. The molecule has 0 fully saturated rings. The van der Waals surface area contributed by atoms with Crippen molar-refractivity contribution in [2.75, 3.05) is 13.6 Å². The molecule has 0 saturated carbocycles. The zero-order valence-corrected chi connectivity index (χ0v) is 13.7. The van der Waals surface area contributed by atoms with Crippen molar-refractivity contribution in [3.05, 3.63) is 60.2 Å². The lowest BCUT2D eigenvalue weighted by Gasteiger charge is -2.17. The van der Waals surface area contributed by atoms with Gasteiger partial charge in [-0.3, -0.25) is 0 Å². The molecule has 0 saturated heterocycles. The van der Waals surface area contributed by atoms with Crippen molar-refractivity contribution < 1.29 is 18.9 Å². The van der Waals surface area contributed by atoms with Crippen molar-refractivity contribution in [3.63, 3.8) is 0 Å². The summed E-state index contributed by atoms with van der Waals surface area (Å²) in [6, 6.07) is 18.3. The molecule has 0 atom stereocenters. The molecule has 4 heteroatoms. The van der Waals surface area contributed by atoms with Crippen molar-refractivity contribution >= 4 is 0 Å². The van der Waals surface area contributed by atoms with Gasteiger partial charge in [-0.25, -0.2) is 0 Å². The quantitative estimate of drug-likeness (QED) is 0.676. The number of hydrogen-bond acceptors (Lipinski definition) is 4. The highest BCUT2D eigenvalue weighted by molar-refractivity contribution is 5.94. The maximum atomic E-state index is 5.84. The summed E-state index contributed by atoms with van der Waals surface area (Å²) in [5.74, 6) is 3.04. The molecular formula is C21H16O4. The van der Waals surface area contributed by atoms with Crippen LogP contribution >= 0.6 is 0 Å². The van der Waals surface area contributed by atoms with Gasteiger partial charge in [0.15, 0.2) is 23.0 Å². The van der Waals surface area contributed by atoms with E-state index in [1.54, 1.807) is 0 Å². The molecule has 2 aliphatic rings. The molecule has 0 N–H and O–H groups in total. The highest BCUT2D eigenvalue weighted by atomic mass is 16.7. The van der Waals surface area contributed by atoms with Crippen LogP contribution in [-0.4, -0.2) is 13.6 Å². The summed E-state index contributed by atoms with van der Waals surface area (Å²) in [7, 11) is 0. The monoisotopic (exact) mass is 332 g/mol. The number of hydrogen-bond donors (Lipinski definition) is 0. The Morgan fingerprint density at radius 2 is 1.28 bits per heavy atom. The summed E-state index contributed by atoms with van der Waals surface area (Å²) in [6.07, 6.45) is 0. The Morgan fingerprint density at radius 3 is 2.00 bits per heavy atom. The van der Waals surface area contributed by atoms with E-state index in [1.807, 2.05) is 36.4 Å². The summed E-state index contributed by atoms with van der Waals surface area (Å²) in [4.78, 5) is 0. The number of rotatable bonds is 2. The molecule has 2 heterocycles. The van der Waals surface area contributed by atoms with Gasteiger partial charge in [-0.15, -0.1) is 0 Å². The molecule has 5 rings (SSSR count). The third-order valence-electron chi connectivity index (χ3n) is 4.62. The van der Waals surface area contributed by atoms with E-state index in [9.17, 15) is 0 Å². The largest absolute Gasteiger partial charge is 0.454 e. The second-order valence-electron chi connectivity index (χ2n) is 6.08. The lowest BCUT2D eigenvalue weighted by molar-refractivity contribution is 0.173. The fourth-order valence-corrected chi connectivity index (χ4v) is 3.46. The Hall–Kier alpha value is -3.14. The molecule has 3 aromatic carbocycles. The predicted molar refractivity (Wildman–Crippen MR) is 94.3 cm³/mol. The molecule has 4 nitrogen and oxygen atoms in total. The number of benzene rings is 3. The van der Waals surface area contributed by atoms with Crippen molar-refractivity contribution in [1.29, 1.82) is 0 Å². The maximum Gasteiger partial charge on any atom is 0.231 e. The fourth-order valence-electron chi connectivity index (χ4n) is 3.46. The Labute approximate surface area is 145 Å². The zero-order valence-electron chi connectivity index (χ0n) is 13.7. The number of ether oxygens (including phenoxy) is 4. The smallest absolute Gasteiger partial charge is 0.231 e. The van der Waals surface area contributed by atoms with Crippen LogP contribution in [0.2, 0.25) is 0 Å². The molecule has 0 unspecified atom stereocenters. The topological polar surface area (TPSA) is 36.9 Å². The van der Waals surface area contributed by atoms with E-state index >= 15 is 0 Å². The van der Waals surface area contributed by atoms with Gasteiger partial charge in [0.25, 0.3) is 0 Å². The molecule has 124 valence electrons. The first-order chi connectivity index (χ1) is 12.3. The zero-order chi connectivity index (χ0) is 16.8. The first kappa shape index (κ1) is 14.2. The van der Waals surface area contributed by atoms with Gasteiger partial charge >= 0.3 is 0 Å². The average Bonchev–Trinajstić information content (AvgIpc) is 3.31. The van der Waals surface area contributed by atoms with E-state index in [1.165, 1.54) is 0 Å². The van der Waals surface area contributed by atoms with Crippen molar-refractivity contribution in [3.8, 4) is 45.3 Å². The molecule has 2 aliphatic heterocycles. The Kier molecular flexibility index (Phi) is 3.10. The Morgan fingerprint density at radius 1 is 0.640 bits per heavy atom. The van der Waals surface area contributed by atoms with Gasteiger partial charge in [0.1, 0.15) is 0 Å². The standard InChI is InChI=1S/C21H16O4/c1-13-7-9-16-20(24-11-22-16)18(13)19-15(14-5-3-2-4-6-14)8-10-17-21(19)25-12-23-17/h2-10H,11-12H2,1H3. The SMILES string of the molecule is Cc1ccc2c(c1-c1c(-c3ccccc3)ccc3c1OCO3)OCO2. The summed E-state index contributed by atoms with van der Waals surface area (Å²) >= 11 is 0. The van der Waals surface area contributed by atoms with E-state index in [0.717, 1.165) is 50.8 Å². The van der Waals surface area contributed by atoms with Crippen LogP contribution in [0.4, 0.5) is 0 Å². The highest BCUT2D eigenvalue weighted by Crippen LogP contribution is 2.53. The van der Waals surface area contributed by atoms with E-state index in [-0.39, 0.29) is 13.6 Å². The second-order valence-corrected chi connectivity index (χ2v) is 6.08. The minimum absolute atomic E-state index is 0.228. The maximum absolute atomic E-state index is 5.84. The van der Waals surface area contributed by atoms with Crippen molar-refractivity contribution in [1.82, 2.24) is 0 Å². The number of aryl methyl sites for hydroxylation is 1. The van der Waals surface area contributed by atoms with Crippen LogP contribution < -0.4 is 18.9 Å². The highest BCUT2D eigenvalue weighted by Gasteiger charge is 2.29. The third-order valence-corrected chi connectivity index (χ3v) is 4.62. The second kappa shape index (κ2) is 5.45. The third kappa shape index (κ3) is 2.14. The summed E-state index contributed by atoms with van der Waals surface area (Å²) in [5.41, 5.74) is 5.28. The minimum Gasteiger partial charge on any atom is -0.454 e. The predicted octanol–water partition coefficient (Wildman–Crippen LogP) is 4.79.